The van der Waals surface area contributed by atoms with Crippen LogP contribution < -0.4 is 10.1 Å². The molecule has 0 aliphatic heterocycles. The highest BCUT2D eigenvalue weighted by molar-refractivity contribution is 7.90. The molecule has 1 N–H and O–H groups in total. The summed E-state index contributed by atoms with van der Waals surface area (Å²) in [5, 5.41) is 3.14. The largest absolute Gasteiger partial charge is 0.492 e. The van der Waals surface area contributed by atoms with Crippen LogP contribution in [0.1, 0.15) is 13.8 Å². The molecule has 0 aliphatic carbocycles. The minimum absolute atomic E-state index is 0.0747. The molecular formula is C12H18FNO3S. The van der Waals surface area contributed by atoms with Crippen LogP contribution in [0.5, 0.6) is 5.75 Å². The van der Waals surface area contributed by atoms with Gasteiger partial charge in [0.2, 0.25) is 0 Å². The first-order chi connectivity index (χ1) is 8.29. The Morgan fingerprint density at radius 1 is 1.33 bits per heavy atom. The van der Waals surface area contributed by atoms with E-state index in [2.05, 4.69) is 5.32 Å². The van der Waals surface area contributed by atoms with Crippen molar-refractivity contribution in [3.63, 3.8) is 0 Å². The molecule has 0 amide bonds. The van der Waals surface area contributed by atoms with Gasteiger partial charge in [0.25, 0.3) is 0 Å². The Labute approximate surface area is 107 Å². The van der Waals surface area contributed by atoms with Gasteiger partial charge in [-0.2, -0.15) is 0 Å². The van der Waals surface area contributed by atoms with E-state index in [1.807, 2.05) is 13.8 Å². The lowest BCUT2D eigenvalue weighted by Gasteiger charge is -2.10. The molecule has 1 aromatic rings. The summed E-state index contributed by atoms with van der Waals surface area (Å²) in [6.45, 7) is 4.97. The fourth-order valence-corrected chi connectivity index (χ4v) is 2.01. The maximum absolute atomic E-state index is 13.2. The van der Waals surface area contributed by atoms with Crippen LogP contribution in [0.2, 0.25) is 0 Å². The highest BCUT2D eigenvalue weighted by Crippen LogP contribution is 2.19. The van der Waals surface area contributed by atoms with Crippen LogP contribution in [0.4, 0.5) is 4.39 Å². The van der Waals surface area contributed by atoms with Gasteiger partial charge in [0, 0.05) is 24.9 Å². The van der Waals surface area contributed by atoms with Gasteiger partial charge in [0.05, 0.1) is 4.90 Å². The average Bonchev–Trinajstić information content (AvgIpc) is 2.22. The molecule has 18 heavy (non-hydrogen) atoms. The first kappa shape index (κ1) is 14.9. The lowest BCUT2D eigenvalue weighted by Crippen LogP contribution is -2.27. The van der Waals surface area contributed by atoms with Crippen LogP contribution in [-0.4, -0.2) is 33.9 Å². The third-order valence-corrected chi connectivity index (χ3v) is 3.29. The summed E-state index contributed by atoms with van der Waals surface area (Å²) in [6.07, 6.45) is 1.03. The van der Waals surface area contributed by atoms with Crippen molar-refractivity contribution in [2.24, 2.45) is 0 Å². The molecule has 0 heterocycles. The summed E-state index contributed by atoms with van der Waals surface area (Å²) >= 11 is 0. The van der Waals surface area contributed by atoms with E-state index in [9.17, 15) is 12.8 Å². The molecule has 0 bridgehead atoms. The van der Waals surface area contributed by atoms with Gasteiger partial charge in [-0.05, 0) is 12.1 Å². The van der Waals surface area contributed by atoms with E-state index in [0.717, 1.165) is 12.3 Å². The van der Waals surface area contributed by atoms with Crippen molar-refractivity contribution in [3.8, 4) is 5.75 Å². The first-order valence-electron chi connectivity index (χ1n) is 5.66. The van der Waals surface area contributed by atoms with Crippen molar-refractivity contribution < 1.29 is 17.5 Å². The molecular weight excluding hydrogens is 257 g/mol. The molecule has 4 nitrogen and oxygen atoms in total. The number of hydrogen-bond donors (Lipinski definition) is 1. The molecule has 0 aliphatic rings. The van der Waals surface area contributed by atoms with Crippen molar-refractivity contribution in [2.45, 2.75) is 24.8 Å². The van der Waals surface area contributed by atoms with Gasteiger partial charge in [0.1, 0.15) is 18.2 Å². The lowest BCUT2D eigenvalue weighted by molar-refractivity contribution is 0.306. The van der Waals surface area contributed by atoms with Gasteiger partial charge < -0.3 is 10.1 Å². The number of rotatable bonds is 6. The van der Waals surface area contributed by atoms with E-state index >= 15 is 0 Å². The molecule has 6 heteroatoms. The zero-order valence-corrected chi connectivity index (χ0v) is 11.6. The number of sulfone groups is 1. The Kier molecular flexibility index (Phi) is 5.10. The molecule has 0 saturated heterocycles. The maximum Gasteiger partial charge on any atom is 0.175 e. The molecule has 102 valence electrons. The quantitative estimate of drug-likeness (QED) is 0.801. The number of nitrogens with one attached hydrogen (secondary N) is 1. The van der Waals surface area contributed by atoms with Crippen LogP contribution in [0.25, 0.3) is 0 Å². The van der Waals surface area contributed by atoms with E-state index in [4.69, 9.17) is 4.74 Å². The third kappa shape index (κ3) is 5.01. The average molecular weight is 275 g/mol. The van der Waals surface area contributed by atoms with E-state index in [1.54, 1.807) is 0 Å². The summed E-state index contributed by atoms with van der Waals surface area (Å²) in [4.78, 5) is -0.0747. The van der Waals surface area contributed by atoms with Gasteiger partial charge in [-0.1, -0.05) is 13.8 Å². The third-order valence-electron chi connectivity index (χ3n) is 2.20. The topological polar surface area (TPSA) is 55.4 Å². The smallest absolute Gasteiger partial charge is 0.175 e. The van der Waals surface area contributed by atoms with Gasteiger partial charge in [-0.3, -0.25) is 0 Å². The number of ether oxygens (including phenoxy) is 1. The molecule has 0 atom stereocenters. The Balaban J connectivity index is 2.69. The van der Waals surface area contributed by atoms with Crippen molar-refractivity contribution in [1.82, 2.24) is 5.32 Å². The Bertz CT molecular complexity index is 500. The van der Waals surface area contributed by atoms with Crippen molar-refractivity contribution in [1.29, 1.82) is 0 Å². The standard InChI is InChI=1S/C12H18FNO3S/c1-9(2)14-4-5-17-11-6-10(13)7-12(8-11)18(3,15)16/h6-9,14H,4-5H2,1-3H3. The normalized spacial score (nSPS) is 11.8. The molecule has 0 aromatic heterocycles. The zero-order valence-electron chi connectivity index (χ0n) is 10.7. The van der Waals surface area contributed by atoms with Gasteiger partial charge in [0.15, 0.2) is 9.84 Å². The summed E-state index contributed by atoms with van der Waals surface area (Å²) in [5.41, 5.74) is 0. The molecule has 1 rings (SSSR count). The zero-order chi connectivity index (χ0) is 13.8. The molecule has 0 unspecified atom stereocenters. The van der Waals surface area contributed by atoms with E-state index in [0.29, 0.717) is 19.2 Å². The van der Waals surface area contributed by atoms with Crippen LogP contribution in [-0.2, 0) is 9.84 Å². The second-order valence-corrected chi connectivity index (χ2v) is 6.37. The minimum Gasteiger partial charge on any atom is -0.492 e. The predicted molar refractivity (Wildman–Crippen MR) is 68.1 cm³/mol. The van der Waals surface area contributed by atoms with E-state index in [-0.39, 0.29) is 10.6 Å². The highest BCUT2D eigenvalue weighted by atomic mass is 32.2. The fourth-order valence-electron chi connectivity index (χ4n) is 1.35. The van der Waals surface area contributed by atoms with Crippen molar-refractivity contribution in [2.75, 3.05) is 19.4 Å². The van der Waals surface area contributed by atoms with Crippen molar-refractivity contribution in [3.05, 3.63) is 24.0 Å². The summed E-state index contributed by atoms with van der Waals surface area (Å²) in [7, 11) is -3.43. The summed E-state index contributed by atoms with van der Waals surface area (Å²) in [6, 6.07) is 3.82. The Morgan fingerprint density at radius 3 is 2.56 bits per heavy atom. The van der Waals surface area contributed by atoms with E-state index < -0.39 is 15.7 Å². The second kappa shape index (κ2) is 6.15. The molecule has 0 radical (unpaired) electrons. The number of halogens is 1. The fraction of sp³-hybridized carbons (Fsp3) is 0.500. The van der Waals surface area contributed by atoms with Crippen molar-refractivity contribution >= 4 is 9.84 Å². The van der Waals surface area contributed by atoms with Gasteiger partial charge >= 0.3 is 0 Å². The van der Waals surface area contributed by atoms with Gasteiger partial charge in [-0.25, -0.2) is 12.8 Å². The van der Waals surface area contributed by atoms with Crippen LogP contribution in [0, 0.1) is 5.82 Å². The summed E-state index contributed by atoms with van der Waals surface area (Å²) < 4.78 is 41.2. The minimum atomic E-state index is -3.43. The second-order valence-electron chi connectivity index (χ2n) is 4.35. The SMILES string of the molecule is CC(C)NCCOc1cc(F)cc(S(C)(=O)=O)c1. The molecule has 0 spiro atoms. The van der Waals surface area contributed by atoms with E-state index in [1.165, 1.54) is 12.1 Å². The highest BCUT2D eigenvalue weighted by Gasteiger charge is 2.11. The van der Waals surface area contributed by atoms with Crippen LogP contribution in [0.3, 0.4) is 0 Å². The summed E-state index contributed by atoms with van der Waals surface area (Å²) in [5.74, 6) is -0.397. The Morgan fingerprint density at radius 2 is 2.00 bits per heavy atom. The maximum atomic E-state index is 13.2. The molecule has 0 fully saturated rings. The number of hydrogen-bond acceptors (Lipinski definition) is 4. The predicted octanol–water partition coefficient (Wildman–Crippen LogP) is 1.61. The molecule has 0 saturated carbocycles. The van der Waals surface area contributed by atoms with Gasteiger partial charge in [-0.15, -0.1) is 0 Å². The monoisotopic (exact) mass is 275 g/mol. The van der Waals surface area contributed by atoms with Crippen LogP contribution >= 0.6 is 0 Å². The van der Waals surface area contributed by atoms with Crippen LogP contribution in [0.15, 0.2) is 23.1 Å². The Hall–Kier alpha value is -1.14. The number of benzene rings is 1. The lowest BCUT2D eigenvalue weighted by atomic mass is 10.3. The molecule has 1 aromatic carbocycles. The first-order valence-corrected chi connectivity index (χ1v) is 7.55.